The summed E-state index contributed by atoms with van der Waals surface area (Å²) in [4.78, 5) is 11.0. The largest absolute Gasteiger partial charge is 0.423 e. The fourth-order valence-corrected chi connectivity index (χ4v) is 2.27. The van der Waals surface area contributed by atoms with Crippen molar-refractivity contribution in [3.8, 4) is 11.5 Å². The molecule has 0 fully saturated rings. The van der Waals surface area contributed by atoms with Crippen molar-refractivity contribution in [2.24, 2.45) is 0 Å². The summed E-state index contributed by atoms with van der Waals surface area (Å²) in [5, 5.41) is 0. The summed E-state index contributed by atoms with van der Waals surface area (Å²) in [5.41, 5.74) is 7.70. The molecular weight excluding hydrogens is 264 g/mol. The van der Waals surface area contributed by atoms with Crippen LogP contribution in [-0.4, -0.2) is 14.0 Å². The molecule has 0 N–H and O–H groups in total. The van der Waals surface area contributed by atoms with Gasteiger partial charge in [-0.3, -0.25) is 4.79 Å². The highest BCUT2D eigenvalue weighted by molar-refractivity contribution is 6.83. The molecule has 0 aliphatic carbocycles. The lowest BCUT2D eigenvalue weighted by Crippen LogP contribution is -2.16. The summed E-state index contributed by atoms with van der Waals surface area (Å²) in [6, 6.07) is 0. The molecule has 0 radical (unpaired) electrons. The Hall–Kier alpha value is -1.23. The first-order chi connectivity index (χ1) is 9.24. The minimum atomic E-state index is -1.23. The van der Waals surface area contributed by atoms with Crippen LogP contribution >= 0.6 is 0 Å². The zero-order chi connectivity index (χ0) is 15.6. The Kier molecular flexibility index (Phi) is 9.04. The predicted octanol–water partition coefficient (Wildman–Crippen LogP) is 4.83. The lowest BCUT2D eigenvalue weighted by atomic mass is 10.1. The van der Waals surface area contributed by atoms with Crippen molar-refractivity contribution >= 4 is 14.0 Å². The third-order valence-corrected chi connectivity index (χ3v) is 3.34. The highest BCUT2D eigenvalue weighted by atomic mass is 28.3. The van der Waals surface area contributed by atoms with Crippen LogP contribution in [0, 0.1) is 11.5 Å². The van der Waals surface area contributed by atoms with E-state index in [1.54, 1.807) is 0 Å². The molecule has 0 aliphatic heterocycles. The molecule has 0 saturated heterocycles. The van der Waals surface area contributed by atoms with Crippen molar-refractivity contribution in [1.82, 2.24) is 0 Å². The molecule has 0 aromatic rings. The molecule has 3 heteroatoms. The van der Waals surface area contributed by atoms with Crippen LogP contribution in [0.5, 0.6) is 0 Å². The molecule has 0 heterocycles. The van der Waals surface area contributed by atoms with E-state index < -0.39 is 8.07 Å². The molecule has 0 aliphatic rings. The molecule has 0 unspecified atom stereocenters. The standard InChI is InChI=1S/C17H28O2Si/c1-7-11-17(19-16(3)18)14-15(2)12-9-8-10-13-20(4,5)6/h7-9,11-12H2,1-6H3. The molecule has 0 saturated carbocycles. The first-order valence-electron chi connectivity index (χ1n) is 7.38. The Bertz CT molecular complexity index is 438. The molecule has 2 nitrogen and oxygen atoms in total. The zero-order valence-corrected chi connectivity index (χ0v) is 14.9. The summed E-state index contributed by atoms with van der Waals surface area (Å²) >= 11 is 0. The summed E-state index contributed by atoms with van der Waals surface area (Å²) in [6.07, 6.45) is 4.63. The minimum absolute atomic E-state index is 0.269. The van der Waals surface area contributed by atoms with Gasteiger partial charge in [-0.1, -0.05) is 32.3 Å². The molecular formula is C17H28O2Si. The topological polar surface area (TPSA) is 26.3 Å². The van der Waals surface area contributed by atoms with E-state index in [-0.39, 0.29) is 5.97 Å². The number of hydrogen-bond acceptors (Lipinski definition) is 2. The normalized spacial score (nSPS) is 10.1. The molecule has 112 valence electrons. The number of carbonyl (C=O) groups excluding carboxylic acids is 1. The van der Waals surface area contributed by atoms with Crippen molar-refractivity contribution < 1.29 is 9.53 Å². The maximum absolute atomic E-state index is 11.0. The summed E-state index contributed by atoms with van der Waals surface area (Å²) < 4.78 is 5.16. The summed E-state index contributed by atoms with van der Waals surface area (Å²) in [6.45, 7) is 12.3. The number of rotatable bonds is 6. The van der Waals surface area contributed by atoms with Gasteiger partial charge in [0.2, 0.25) is 0 Å². The Morgan fingerprint density at radius 2 is 1.80 bits per heavy atom. The second-order valence-corrected chi connectivity index (χ2v) is 10.8. The number of hydrogen-bond donors (Lipinski definition) is 0. The number of carbonyl (C=O) groups is 1. The van der Waals surface area contributed by atoms with Crippen LogP contribution in [0.15, 0.2) is 17.1 Å². The van der Waals surface area contributed by atoms with E-state index in [1.165, 1.54) is 6.92 Å². The Morgan fingerprint density at radius 1 is 1.15 bits per heavy atom. The third kappa shape index (κ3) is 11.8. The van der Waals surface area contributed by atoms with Crippen LogP contribution in [0.1, 0.15) is 52.9 Å². The summed E-state index contributed by atoms with van der Waals surface area (Å²) in [5.74, 6) is 3.66. The highest BCUT2D eigenvalue weighted by Crippen LogP contribution is 2.10. The Labute approximate surface area is 125 Å². The van der Waals surface area contributed by atoms with Crippen molar-refractivity contribution in [3.63, 3.8) is 0 Å². The molecule has 0 aromatic carbocycles. The van der Waals surface area contributed by atoms with Crippen LogP contribution in [0.2, 0.25) is 19.6 Å². The van der Waals surface area contributed by atoms with Gasteiger partial charge in [-0.25, -0.2) is 0 Å². The van der Waals surface area contributed by atoms with E-state index in [4.69, 9.17) is 4.74 Å². The van der Waals surface area contributed by atoms with E-state index in [0.29, 0.717) is 5.76 Å². The van der Waals surface area contributed by atoms with E-state index in [2.05, 4.69) is 43.8 Å². The van der Waals surface area contributed by atoms with Gasteiger partial charge in [0, 0.05) is 19.8 Å². The van der Waals surface area contributed by atoms with E-state index in [0.717, 1.165) is 37.7 Å². The molecule has 0 amide bonds. The van der Waals surface area contributed by atoms with Crippen LogP contribution in [0.4, 0.5) is 0 Å². The molecule has 0 spiro atoms. The van der Waals surface area contributed by atoms with Crippen molar-refractivity contribution in [2.75, 3.05) is 0 Å². The van der Waals surface area contributed by atoms with E-state index in [1.807, 2.05) is 6.92 Å². The van der Waals surface area contributed by atoms with Gasteiger partial charge in [-0.2, -0.15) is 0 Å². The number of esters is 1. The van der Waals surface area contributed by atoms with Gasteiger partial charge in [0.25, 0.3) is 0 Å². The van der Waals surface area contributed by atoms with Crippen LogP contribution < -0.4 is 0 Å². The fourth-order valence-electron chi connectivity index (χ4n) is 1.61. The fraction of sp³-hybridized carbons (Fsp3) is 0.647. The van der Waals surface area contributed by atoms with Crippen molar-refractivity contribution in [1.29, 1.82) is 0 Å². The maximum Gasteiger partial charge on any atom is 0.308 e. The van der Waals surface area contributed by atoms with Gasteiger partial charge >= 0.3 is 5.97 Å². The summed E-state index contributed by atoms with van der Waals surface area (Å²) in [7, 11) is -1.23. The molecule has 0 rings (SSSR count). The number of allylic oxidation sites excluding steroid dienone is 1. The maximum atomic E-state index is 11.0. The van der Waals surface area contributed by atoms with E-state index in [9.17, 15) is 4.79 Å². The SMILES string of the molecule is CCCC(=C=C(C)CCCC#C[Si](C)(C)C)OC(C)=O. The monoisotopic (exact) mass is 292 g/mol. The zero-order valence-electron chi connectivity index (χ0n) is 13.9. The average Bonchev–Trinajstić information content (AvgIpc) is 2.26. The quantitative estimate of drug-likeness (QED) is 0.175. The smallest absolute Gasteiger partial charge is 0.308 e. The minimum Gasteiger partial charge on any atom is -0.423 e. The molecule has 0 bridgehead atoms. The Morgan fingerprint density at radius 3 is 2.30 bits per heavy atom. The number of ether oxygens (including phenoxy) is 1. The van der Waals surface area contributed by atoms with Crippen LogP contribution in [-0.2, 0) is 9.53 Å². The first-order valence-corrected chi connectivity index (χ1v) is 10.9. The predicted molar refractivity (Wildman–Crippen MR) is 87.9 cm³/mol. The lowest BCUT2D eigenvalue weighted by Gasteiger charge is -2.04. The van der Waals surface area contributed by atoms with Crippen molar-refractivity contribution in [2.45, 2.75) is 72.5 Å². The lowest BCUT2D eigenvalue weighted by molar-refractivity contribution is -0.137. The Balaban J connectivity index is 4.46. The molecule has 20 heavy (non-hydrogen) atoms. The average molecular weight is 292 g/mol. The first kappa shape index (κ1) is 18.8. The van der Waals surface area contributed by atoms with Gasteiger partial charge in [0.05, 0.1) is 0 Å². The van der Waals surface area contributed by atoms with Gasteiger partial charge in [-0.05, 0) is 31.8 Å². The van der Waals surface area contributed by atoms with Gasteiger partial charge in [0.1, 0.15) is 13.8 Å². The van der Waals surface area contributed by atoms with Crippen molar-refractivity contribution in [3.05, 3.63) is 17.1 Å². The molecule has 0 atom stereocenters. The van der Waals surface area contributed by atoms with E-state index >= 15 is 0 Å². The van der Waals surface area contributed by atoms with Crippen LogP contribution in [0.25, 0.3) is 0 Å². The third-order valence-electron chi connectivity index (χ3n) is 2.41. The van der Waals surface area contributed by atoms with Gasteiger partial charge in [-0.15, -0.1) is 11.5 Å². The highest BCUT2D eigenvalue weighted by Gasteiger charge is 2.06. The molecule has 0 aromatic heterocycles. The van der Waals surface area contributed by atoms with Crippen LogP contribution in [0.3, 0.4) is 0 Å². The number of unbranched alkanes of at least 4 members (excludes halogenated alkanes) is 1. The second kappa shape index (κ2) is 9.64. The second-order valence-electron chi connectivity index (χ2n) is 6.08. The van der Waals surface area contributed by atoms with Gasteiger partial charge < -0.3 is 4.74 Å². The van der Waals surface area contributed by atoms with Gasteiger partial charge in [0.15, 0.2) is 0 Å².